The quantitative estimate of drug-likeness (QED) is 0.00771. The summed E-state index contributed by atoms with van der Waals surface area (Å²) in [6, 6.07) is -8.68. The van der Waals surface area contributed by atoms with E-state index in [2.05, 4.69) is 88.1 Å². The van der Waals surface area contributed by atoms with Crippen molar-refractivity contribution in [3.05, 3.63) is 61.9 Å². The van der Waals surface area contributed by atoms with Gasteiger partial charge in [-0.1, -0.05) is 19.3 Å². The number of aromatic amines is 2. The summed E-state index contributed by atoms with van der Waals surface area (Å²) in [7, 11) is -3.17. The van der Waals surface area contributed by atoms with E-state index in [0.717, 1.165) is 4.57 Å². The molecule has 0 aromatic carbocycles. The first-order chi connectivity index (χ1) is 67.5. The van der Waals surface area contributed by atoms with Crippen LogP contribution in [0.1, 0.15) is 154 Å². The van der Waals surface area contributed by atoms with Gasteiger partial charge < -0.3 is 126 Å². The second-order valence-corrected chi connectivity index (χ2v) is 43.4. The SMILES string of the molecule is CC(=N)NCCCC(NC(C)=O)C(=O)NC(CCCCC(=N)N)C(=O)NC(CCCNC(=N)N)C(=O)NC(CCCCC(=N)N)C(=O)NC(CCCNC(=N)N)C(=O)NC(CCCCC(=N)N)C(=O)NCC(=O)N1CC(COP(=O)(N(C)C)N2CC(COP(=O)(N(C)C)N3CC(COP(C)(=O)N(C)C)OC(n4cc(C)c(=O)[nH]c4=O)C3)OC(n3cnc4c(N)ncnc43)C2)OC(n2cnc3c(=O)[nH]c(N)nc32)C1. The van der Waals surface area contributed by atoms with E-state index in [4.69, 9.17) is 100 Å². The first-order valence-electron chi connectivity index (χ1n) is 46.4. The summed E-state index contributed by atoms with van der Waals surface area (Å²) in [6.45, 7) is 1.90. The number of hydrogen-bond acceptors (Lipinski definition) is 33. The third-order valence-electron chi connectivity index (χ3n) is 23.4. The Morgan fingerprint density at radius 3 is 1.30 bits per heavy atom. The lowest BCUT2D eigenvalue weighted by atomic mass is 10.0. The third-order valence-corrected chi connectivity index (χ3v) is 30.5. The molecule has 8 amide bonds. The number of aryl methyl sites for hydroxylation is 1. The molecule has 794 valence electrons. The first kappa shape index (κ1) is 116. The fourth-order valence-corrected chi connectivity index (χ4v) is 20.3. The molecule has 15 unspecified atom stereocenters. The van der Waals surface area contributed by atoms with Crippen LogP contribution in [-0.4, -0.2) is 348 Å². The van der Waals surface area contributed by atoms with E-state index in [9.17, 15) is 42.9 Å². The van der Waals surface area contributed by atoms with Crippen molar-refractivity contribution < 1.29 is 79.8 Å². The number of ether oxygens (including phenoxy) is 3. The summed E-state index contributed by atoms with van der Waals surface area (Å²) in [6.07, 6.45) is -0.911. The van der Waals surface area contributed by atoms with Gasteiger partial charge in [-0.25, -0.2) is 48.1 Å². The number of nitrogen functional groups attached to an aromatic ring is 2. The minimum absolute atomic E-state index is 0.0122. The number of H-pyrrole nitrogens is 2. The maximum Gasteiger partial charge on any atom is 0.345 e. The van der Waals surface area contributed by atoms with E-state index < -0.39 is 192 Å². The Kier molecular flexibility index (Phi) is 44.0. The zero-order valence-corrected chi connectivity index (χ0v) is 84.7. The number of nitrogens with one attached hydrogen (secondary N) is 18. The molecule has 3 saturated heterocycles. The number of nitrogens with zero attached hydrogens (tertiary/aromatic N) is 14. The van der Waals surface area contributed by atoms with Gasteiger partial charge in [-0.2, -0.15) is 4.98 Å². The Labute approximate surface area is 824 Å². The standard InChI is InChI=1S/C81H140N39O20P3/c1-46-33-118(81(131)111-70(46)123)63-38-116(35-50(139-63)40-135-141(10,132)112(4)5)142(133,113(6)7)137-42-51-36-117(39-64(140-51)119-44-101-65-67(89)99-43-100-68(65)119)143(134,114(8)9)136-41-49-34-115(37-62(138-49)120-45-102-66-69(120)109-80(94)110-77(66)130)61(122)32-98-71(124)52(20-11-14-26-58(83)84)104-75(128)56(24-18-30-96-78(90)91)107-74(127)55(22-13-16-28-60(87)88)106-76(129)57(25-19-31-97-79(92)93)108-73(126)54(21-12-15-27-59(85)86)105-72(125)53(103-48(3)121)23-17-29-95-47(2)82/h33,43-45,49-57,62-64H,11-32,34-42H2,1-10H3,(H2,82,95)(H3,83,84)(H3,85,86)(H3,87,88)(H,98,124)(H,103,121)(H,104,128)(H,105,125)(H,106,129)(H,107,127)(H,108,126)(H2,89,99,100)(H4,90,91,96)(H4,92,93,97)(H,111,123,131)(H3,94,109,110,130). The number of guanidine groups is 2. The number of rotatable bonds is 58. The van der Waals surface area contributed by atoms with Gasteiger partial charge in [-0.15, -0.1) is 0 Å². The lowest BCUT2D eigenvalue weighted by molar-refractivity contribution is -0.158. The van der Waals surface area contributed by atoms with Crippen LogP contribution in [0.25, 0.3) is 22.3 Å². The lowest BCUT2D eigenvalue weighted by Gasteiger charge is -2.45. The summed E-state index contributed by atoms with van der Waals surface area (Å²) >= 11 is 0. The number of carbonyl (C=O) groups is 8. The van der Waals surface area contributed by atoms with E-state index in [1.54, 1.807) is 14.1 Å². The van der Waals surface area contributed by atoms with Crippen LogP contribution < -0.4 is 110 Å². The molecular weight excluding hydrogens is 1930 g/mol. The van der Waals surface area contributed by atoms with Gasteiger partial charge in [-0.3, -0.25) is 118 Å². The van der Waals surface area contributed by atoms with E-state index in [0.29, 0.717) is 12.8 Å². The molecule has 0 radical (unpaired) electrons. The normalized spacial score (nSPS) is 19.4. The van der Waals surface area contributed by atoms with Crippen molar-refractivity contribution in [1.29, 1.82) is 32.5 Å². The highest BCUT2D eigenvalue weighted by Crippen LogP contribution is 2.57. The first-order valence-corrected chi connectivity index (χ1v) is 51.5. The highest BCUT2D eigenvalue weighted by Gasteiger charge is 2.48. The third kappa shape index (κ3) is 34.7. The number of imidazole rings is 2. The zero-order valence-electron chi connectivity index (χ0n) is 82.0. The molecular formula is C81H140N39O20P3. The van der Waals surface area contributed by atoms with Gasteiger partial charge in [-0.05, 0) is 133 Å². The van der Waals surface area contributed by atoms with Crippen molar-refractivity contribution in [1.82, 2.24) is 130 Å². The lowest BCUT2D eigenvalue weighted by Crippen LogP contribution is -2.60. The summed E-state index contributed by atoms with van der Waals surface area (Å²) < 4.78 is 95.7. The molecule has 3 fully saturated rings. The molecule has 0 bridgehead atoms. The molecule has 8 rings (SSSR count). The van der Waals surface area contributed by atoms with Crippen LogP contribution in [0, 0.1) is 39.4 Å². The topological polar surface area (TPSA) is 870 Å². The number of amides is 8. The number of unbranched alkanes of at least 4 members (excludes halogenated alkanes) is 3. The summed E-state index contributed by atoms with van der Waals surface area (Å²) in [4.78, 5) is 184. The van der Waals surface area contributed by atoms with Gasteiger partial charge in [0, 0.05) is 83.9 Å². The number of morpholine rings is 3. The van der Waals surface area contributed by atoms with Crippen LogP contribution in [0.3, 0.4) is 0 Å². The molecule has 3 aliphatic rings. The molecule has 59 nitrogen and oxygen atoms in total. The van der Waals surface area contributed by atoms with E-state index >= 15 is 23.5 Å². The number of carbonyl (C=O) groups excluding carboxylic acids is 8. The molecule has 0 saturated carbocycles. The minimum Gasteiger partial charge on any atom is -0.388 e. The van der Waals surface area contributed by atoms with Gasteiger partial charge in [0.1, 0.15) is 60.4 Å². The Bertz CT molecular complexity index is 5660. The Balaban J connectivity index is 1.07. The Hall–Kier alpha value is -12.4. The number of amidine groups is 4. The van der Waals surface area contributed by atoms with E-state index in [1.165, 1.54) is 118 Å². The second-order valence-electron chi connectivity index (χ2n) is 35.5. The van der Waals surface area contributed by atoms with Gasteiger partial charge in [0.25, 0.3) is 18.6 Å². The number of aromatic nitrogens is 10. The van der Waals surface area contributed by atoms with Crippen LogP contribution >= 0.6 is 22.9 Å². The molecule has 15 atom stereocenters. The van der Waals surface area contributed by atoms with Gasteiger partial charge >= 0.3 is 21.0 Å². The number of anilines is 2. The van der Waals surface area contributed by atoms with Crippen molar-refractivity contribution in [2.45, 2.75) is 210 Å². The van der Waals surface area contributed by atoms with Crippen LogP contribution in [0.15, 0.2) is 39.6 Å². The molecule has 0 aliphatic carbocycles. The largest absolute Gasteiger partial charge is 0.388 e. The van der Waals surface area contributed by atoms with Crippen molar-refractivity contribution in [2.24, 2.45) is 28.7 Å². The summed E-state index contributed by atoms with van der Waals surface area (Å²) in [5.41, 5.74) is 38.8. The van der Waals surface area contributed by atoms with Crippen LogP contribution in [-0.2, 0) is 79.8 Å². The predicted octanol–water partition coefficient (Wildman–Crippen LogP) is -3.69. The zero-order chi connectivity index (χ0) is 105. The highest BCUT2D eigenvalue weighted by atomic mass is 31.2. The van der Waals surface area contributed by atoms with Crippen LogP contribution in [0.4, 0.5) is 11.8 Å². The van der Waals surface area contributed by atoms with E-state index in [1.807, 2.05) is 0 Å². The number of hydrogen-bond donors (Lipinski definition) is 25. The maximum atomic E-state index is 16.4. The fraction of sp³-hybridized carbons (Fsp3) is 0.654. The molecule has 0 spiro atoms. The summed E-state index contributed by atoms with van der Waals surface area (Å²) in [5.74, 6) is -8.28. The number of fused-ring (bicyclic) bond motifs is 2. The second kappa shape index (κ2) is 54.3. The molecule has 62 heteroatoms. The van der Waals surface area contributed by atoms with Crippen molar-refractivity contribution in [3.8, 4) is 0 Å². The number of nitrogens with two attached hydrogens (primary N) is 7. The Morgan fingerprint density at radius 2 is 0.874 bits per heavy atom. The van der Waals surface area contributed by atoms with E-state index in [-0.39, 0.29) is 231 Å². The Morgan fingerprint density at radius 1 is 0.476 bits per heavy atom. The average Bonchev–Trinajstić information content (AvgIpc) is 1.35. The molecule has 5 aromatic heterocycles. The predicted molar refractivity (Wildman–Crippen MR) is 528 cm³/mol. The fourth-order valence-electron chi connectivity index (χ4n) is 15.6. The van der Waals surface area contributed by atoms with Gasteiger partial charge in [0.15, 0.2) is 47.0 Å². The van der Waals surface area contributed by atoms with Crippen molar-refractivity contribution in [3.63, 3.8) is 0 Å². The van der Waals surface area contributed by atoms with Gasteiger partial charge in [0.05, 0.1) is 94.2 Å². The molecule has 3 aliphatic heterocycles. The minimum atomic E-state index is -4.48. The molecule has 143 heavy (non-hydrogen) atoms. The van der Waals surface area contributed by atoms with Crippen molar-refractivity contribution >= 4 is 139 Å². The maximum absolute atomic E-state index is 16.4. The smallest absolute Gasteiger partial charge is 0.345 e. The molecule has 8 heterocycles. The summed E-state index contributed by atoms with van der Waals surface area (Å²) in [5, 5.41) is 73.9. The average molecular weight is 2070 g/mol. The van der Waals surface area contributed by atoms with Crippen molar-refractivity contribution in [2.75, 3.05) is 146 Å². The highest BCUT2D eigenvalue weighted by molar-refractivity contribution is 7.55. The van der Waals surface area contributed by atoms with Crippen LogP contribution in [0.2, 0.25) is 0 Å². The van der Waals surface area contributed by atoms with Gasteiger partial charge in [0.2, 0.25) is 53.2 Å². The van der Waals surface area contributed by atoms with Crippen LogP contribution in [0.5, 0.6) is 0 Å². The molecule has 5 aromatic rings. The molecule has 32 N–H and O–H groups in total. The monoisotopic (exact) mass is 2070 g/mol.